The lowest BCUT2D eigenvalue weighted by atomic mass is 10.3. The van der Waals surface area contributed by atoms with Crippen LogP contribution in [0.5, 0.6) is 0 Å². The minimum absolute atomic E-state index is 0.0236. The van der Waals surface area contributed by atoms with E-state index in [1.807, 2.05) is 6.92 Å². The van der Waals surface area contributed by atoms with Crippen molar-refractivity contribution in [2.24, 2.45) is 0 Å². The smallest absolute Gasteiger partial charge is 0.222 e. The Hall–Kier alpha value is -1.06. The van der Waals surface area contributed by atoms with Gasteiger partial charge in [-0.2, -0.15) is 0 Å². The van der Waals surface area contributed by atoms with Crippen LogP contribution >= 0.6 is 0 Å². The van der Waals surface area contributed by atoms with Crippen molar-refractivity contribution in [2.75, 3.05) is 20.1 Å². The highest BCUT2D eigenvalue weighted by atomic mass is 16.2. The van der Waals surface area contributed by atoms with Gasteiger partial charge in [0.2, 0.25) is 11.8 Å². The Bertz CT molecular complexity index is 180. The van der Waals surface area contributed by atoms with E-state index in [0.717, 1.165) is 6.42 Å². The summed E-state index contributed by atoms with van der Waals surface area (Å²) in [5.41, 5.74) is 0. The summed E-state index contributed by atoms with van der Waals surface area (Å²) in [5, 5.41) is 2.68. The van der Waals surface area contributed by atoms with Crippen molar-refractivity contribution in [1.29, 1.82) is 0 Å². The van der Waals surface area contributed by atoms with E-state index in [4.69, 9.17) is 0 Å². The lowest BCUT2D eigenvalue weighted by Crippen LogP contribution is -2.30. The third-order valence-corrected chi connectivity index (χ3v) is 1.77. The molecule has 0 saturated carbocycles. The molecule has 0 bridgehead atoms. The molecule has 0 fully saturated rings. The molecule has 0 aliphatic carbocycles. The average molecular weight is 186 g/mol. The first-order valence-electron chi connectivity index (χ1n) is 4.56. The molecule has 0 saturated heterocycles. The Morgan fingerprint density at radius 3 is 2.46 bits per heavy atom. The maximum Gasteiger partial charge on any atom is 0.222 e. The van der Waals surface area contributed by atoms with Gasteiger partial charge in [-0.1, -0.05) is 6.92 Å². The van der Waals surface area contributed by atoms with E-state index in [9.17, 15) is 9.59 Å². The van der Waals surface area contributed by atoms with Crippen molar-refractivity contribution < 1.29 is 9.59 Å². The molecule has 0 aromatic heterocycles. The Morgan fingerprint density at radius 1 is 1.38 bits per heavy atom. The number of carbonyl (C=O) groups excluding carboxylic acids is 2. The van der Waals surface area contributed by atoms with Crippen LogP contribution in [0, 0.1) is 0 Å². The third kappa shape index (κ3) is 6.13. The number of nitrogens with zero attached hydrogens (tertiary/aromatic N) is 1. The Morgan fingerprint density at radius 2 is 2.00 bits per heavy atom. The predicted octanol–water partition coefficient (Wildman–Crippen LogP) is 0.381. The van der Waals surface area contributed by atoms with E-state index in [-0.39, 0.29) is 11.8 Å². The molecule has 0 aliphatic rings. The molecule has 0 spiro atoms. The van der Waals surface area contributed by atoms with Crippen molar-refractivity contribution in [3.05, 3.63) is 0 Å². The van der Waals surface area contributed by atoms with E-state index < -0.39 is 0 Å². The zero-order chi connectivity index (χ0) is 10.3. The van der Waals surface area contributed by atoms with Gasteiger partial charge in [-0.25, -0.2) is 0 Å². The van der Waals surface area contributed by atoms with Crippen molar-refractivity contribution >= 4 is 11.8 Å². The molecule has 0 aromatic carbocycles. The SMILES string of the molecule is CCC(=O)N(C)CCCNC(C)=O. The lowest BCUT2D eigenvalue weighted by molar-refractivity contribution is -0.129. The van der Waals surface area contributed by atoms with Gasteiger partial charge in [-0.15, -0.1) is 0 Å². The standard InChI is InChI=1S/C9H18N2O2/c1-4-9(13)11(3)7-5-6-10-8(2)12/h4-7H2,1-3H3,(H,10,12). The van der Waals surface area contributed by atoms with E-state index in [1.54, 1.807) is 11.9 Å². The van der Waals surface area contributed by atoms with Gasteiger partial charge in [0.05, 0.1) is 0 Å². The summed E-state index contributed by atoms with van der Waals surface area (Å²) in [5.74, 6) is 0.118. The van der Waals surface area contributed by atoms with E-state index >= 15 is 0 Å². The molecule has 0 rings (SSSR count). The molecule has 1 N–H and O–H groups in total. The minimum atomic E-state index is -0.0236. The van der Waals surface area contributed by atoms with Crippen molar-refractivity contribution in [2.45, 2.75) is 26.7 Å². The Labute approximate surface area is 79.3 Å². The fourth-order valence-electron chi connectivity index (χ4n) is 0.975. The van der Waals surface area contributed by atoms with E-state index in [1.165, 1.54) is 6.92 Å². The van der Waals surface area contributed by atoms with E-state index in [2.05, 4.69) is 5.32 Å². The molecule has 76 valence electrons. The quantitative estimate of drug-likeness (QED) is 0.631. The fraction of sp³-hybridized carbons (Fsp3) is 0.778. The molecular weight excluding hydrogens is 168 g/mol. The summed E-state index contributed by atoms with van der Waals surface area (Å²) >= 11 is 0. The Balaban J connectivity index is 3.42. The molecule has 0 aliphatic heterocycles. The van der Waals surface area contributed by atoms with Crippen LogP contribution in [0.4, 0.5) is 0 Å². The van der Waals surface area contributed by atoms with Crippen molar-refractivity contribution in [3.8, 4) is 0 Å². The summed E-state index contributed by atoms with van der Waals surface area (Å²) in [7, 11) is 1.78. The monoisotopic (exact) mass is 186 g/mol. The topological polar surface area (TPSA) is 49.4 Å². The van der Waals surface area contributed by atoms with Crippen LogP contribution < -0.4 is 5.32 Å². The van der Waals surface area contributed by atoms with Gasteiger partial charge in [0.15, 0.2) is 0 Å². The first kappa shape index (κ1) is 11.9. The predicted molar refractivity (Wildman–Crippen MR) is 51.2 cm³/mol. The highest BCUT2D eigenvalue weighted by Crippen LogP contribution is 1.91. The molecule has 0 radical (unpaired) electrons. The van der Waals surface area contributed by atoms with Crippen LogP contribution in [0.15, 0.2) is 0 Å². The normalized spacial score (nSPS) is 9.46. The highest BCUT2D eigenvalue weighted by molar-refractivity contribution is 5.75. The van der Waals surface area contributed by atoms with Crippen LogP contribution in [0.25, 0.3) is 0 Å². The highest BCUT2D eigenvalue weighted by Gasteiger charge is 2.04. The first-order chi connectivity index (χ1) is 6.07. The lowest BCUT2D eigenvalue weighted by Gasteiger charge is -2.15. The molecule has 0 atom stereocenters. The number of nitrogens with one attached hydrogen (secondary N) is 1. The maximum absolute atomic E-state index is 11.1. The Kier molecular flexibility index (Phi) is 5.93. The van der Waals surface area contributed by atoms with Crippen LogP contribution in [-0.2, 0) is 9.59 Å². The molecule has 4 nitrogen and oxygen atoms in total. The summed E-state index contributed by atoms with van der Waals surface area (Å²) in [6, 6.07) is 0. The molecule has 0 aromatic rings. The van der Waals surface area contributed by atoms with Crippen LogP contribution in [0.2, 0.25) is 0 Å². The van der Waals surface area contributed by atoms with Crippen LogP contribution in [0.1, 0.15) is 26.7 Å². The molecule has 0 unspecified atom stereocenters. The number of carbonyl (C=O) groups is 2. The van der Waals surface area contributed by atoms with Gasteiger partial charge in [-0.3, -0.25) is 9.59 Å². The van der Waals surface area contributed by atoms with Crippen LogP contribution in [-0.4, -0.2) is 36.9 Å². The number of hydrogen-bond acceptors (Lipinski definition) is 2. The van der Waals surface area contributed by atoms with Crippen molar-refractivity contribution in [3.63, 3.8) is 0 Å². The van der Waals surface area contributed by atoms with Gasteiger partial charge in [-0.05, 0) is 6.42 Å². The molecule has 13 heavy (non-hydrogen) atoms. The minimum Gasteiger partial charge on any atom is -0.356 e. The second kappa shape index (κ2) is 6.46. The number of rotatable bonds is 5. The molecule has 0 heterocycles. The van der Waals surface area contributed by atoms with Gasteiger partial charge in [0, 0.05) is 33.5 Å². The summed E-state index contributed by atoms with van der Waals surface area (Å²) in [6.07, 6.45) is 1.35. The molecular formula is C9H18N2O2. The van der Waals surface area contributed by atoms with Gasteiger partial charge < -0.3 is 10.2 Å². The van der Waals surface area contributed by atoms with Gasteiger partial charge >= 0.3 is 0 Å². The first-order valence-corrected chi connectivity index (χ1v) is 4.56. The van der Waals surface area contributed by atoms with Gasteiger partial charge in [0.25, 0.3) is 0 Å². The third-order valence-electron chi connectivity index (χ3n) is 1.77. The summed E-state index contributed by atoms with van der Waals surface area (Å²) < 4.78 is 0. The van der Waals surface area contributed by atoms with E-state index in [0.29, 0.717) is 19.5 Å². The largest absolute Gasteiger partial charge is 0.356 e. The second-order valence-corrected chi connectivity index (χ2v) is 3.01. The molecule has 2 amide bonds. The second-order valence-electron chi connectivity index (χ2n) is 3.01. The number of hydrogen-bond donors (Lipinski definition) is 1. The van der Waals surface area contributed by atoms with Crippen LogP contribution in [0.3, 0.4) is 0 Å². The average Bonchev–Trinajstić information content (AvgIpc) is 2.10. The zero-order valence-electron chi connectivity index (χ0n) is 8.59. The van der Waals surface area contributed by atoms with Gasteiger partial charge in [0.1, 0.15) is 0 Å². The maximum atomic E-state index is 11.1. The fourth-order valence-corrected chi connectivity index (χ4v) is 0.975. The summed E-state index contributed by atoms with van der Waals surface area (Å²) in [6.45, 7) is 4.66. The zero-order valence-corrected chi connectivity index (χ0v) is 8.59. The summed E-state index contributed by atoms with van der Waals surface area (Å²) in [4.78, 5) is 23.2. The number of amides is 2. The van der Waals surface area contributed by atoms with Crippen molar-refractivity contribution in [1.82, 2.24) is 10.2 Å². The molecule has 4 heteroatoms.